The van der Waals surface area contributed by atoms with Crippen LogP contribution < -0.4 is 5.73 Å². The lowest BCUT2D eigenvalue weighted by atomic mass is 10.4. The zero-order chi connectivity index (χ0) is 12.6. The zero-order valence-electron chi connectivity index (χ0n) is 8.88. The van der Waals surface area contributed by atoms with Crippen molar-refractivity contribution in [2.45, 2.75) is 13.5 Å². The Balaban J connectivity index is 2.34. The molecule has 0 saturated carbocycles. The fraction of sp³-hybridized carbons (Fsp3) is 0.222. The summed E-state index contributed by atoms with van der Waals surface area (Å²) in [5.74, 6) is 0.0945. The summed E-state index contributed by atoms with van der Waals surface area (Å²) in [6, 6.07) is 3.85. The van der Waals surface area contributed by atoms with E-state index in [0.29, 0.717) is 12.2 Å². The molecule has 2 aromatic heterocycles. The van der Waals surface area contributed by atoms with Crippen LogP contribution >= 0.6 is 27.3 Å². The standard InChI is InChI=1S/C9H9BrN4O2S/c1-5-8(14(15)16)9(11)13(12-5)4-6-2-3-7(10)17-6/h2-3H,4,11H2,1H3. The number of thiophene rings is 1. The molecule has 0 bridgehead atoms. The molecule has 0 saturated heterocycles. The highest BCUT2D eigenvalue weighted by Crippen LogP contribution is 2.28. The monoisotopic (exact) mass is 316 g/mol. The second kappa shape index (κ2) is 4.46. The van der Waals surface area contributed by atoms with Crippen LogP contribution in [0.25, 0.3) is 0 Å². The summed E-state index contributed by atoms with van der Waals surface area (Å²) in [7, 11) is 0. The van der Waals surface area contributed by atoms with E-state index >= 15 is 0 Å². The predicted molar refractivity (Wildman–Crippen MR) is 69.2 cm³/mol. The van der Waals surface area contributed by atoms with Crippen LogP contribution in [0.4, 0.5) is 11.5 Å². The Morgan fingerprint density at radius 1 is 1.65 bits per heavy atom. The van der Waals surface area contributed by atoms with Gasteiger partial charge in [0.25, 0.3) is 0 Å². The lowest BCUT2D eigenvalue weighted by Gasteiger charge is -1.99. The first kappa shape index (κ1) is 12.1. The number of nitrogens with zero attached hydrogens (tertiary/aromatic N) is 3. The van der Waals surface area contributed by atoms with Crippen LogP contribution in [0.5, 0.6) is 0 Å². The van der Waals surface area contributed by atoms with Gasteiger partial charge in [-0.3, -0.25) is 10.1 Å². The van der Waals surface area contributed by atoms with Crippen LogP contribution in [0.15, 0.2) is 15.9 Å². The third kappa shape index (κ3) is 2.32. The minimum Gasteiger partial charge on any atom is -0.378 e. The molecule has 17 heavy (non-hydrogen) atoms. The number of nitrogen functional groups attached to an aromatic ring is 1. The topological polar surface area (TPSA) is 87.0 Å². The van der Waals surface area contributed by atoms with Crippen LogP contribution in [0.3, 0.4) is 0 Å². The number of halogens is 1. The molecule has 0 atom stereocenters. The summed E-state index contributed by atoms with van der Waals surface area (Å²) < 4.78 is 2.45. The molecule has 0 unspecified atom stereocenters. The van der Waals surface area contributed by atoms with E-state index in [1.54, 1.807) is 18.3 Å². The van der Waals surface area contributed by atoms with Gasteiger partial charge < -0.3 is 5.73 Å². The molecule has 2 heterocycles. The number of anilines is 1. The summed E-state index contributed by atoms with van der Waals surface area (Å²) in [6.07, 6.45) is 0. The second-order valence-corrected chi connectivity index (χ2v) is 5.99. The number of nitrogens with two attached hydrogens (primary N) is 1. The van der Waals surface area contributed by atoms with Gasteiger partial charge in [0.2, 0.25) is 5.82 Å². The Bertz CT molecular complexity index is 578. The quantitative estimate of drug-likeness (QED) is 0.696. The Hall–Kier alpha value is -1.41. The number of aromatic nitrogens is 2. The average Bonchev–Trinajstić information content (AvgIpc) is 2.73. The van der Waals surface area contributed by atoms with E-state index in [1.165, 1.54) is 4.68 Å². The normalized spacial score (nSPS) is 10.7. The summed E-state index contributed by atoms with van der Waals surface area (Å²) in [5, 5.41) is 14.9. The second-order valence-electron chi connectivity index (χ2n) is 3.44. The van der Waals surface area contributed by atoms with Crippen molar-refractivity contribution in [3.05, 3.63) is 36.6 Å². The zero-order valence-corrected chi connectivity index (χ0v) is 11.3. The molecule has 0 aromatic carbocycles. The fourth-order valence-corrected chi connectivity index (χ4v) is 2.99. The smallest absolute Gasteiger partial charge is 0.333 e. The van der Waals surface area contributed by atoms with Crippen molar-refractivity contribution < 1.29 is 4.92 Å². The molecule has 2 N–H and O–H groups in total. The first-order chi connectivity index (χ1) is 7.99. The molecule has 90 valence electrons. The number of rotatable bonds is 3. The number of aryl methyl sites for hydroxylation is 1. The maximum Gasteiger partial charge on any atom is 0.333 e. The van der Waals surface area contributed by atoms with Gasteiger partial charge in [-0.15, -0.1) is 11.3 Å². The molecule has 0 amide bonds. The minimum absolute atomic E-state index is 0.0945. The molecule has 6 nitrogen and oxygen atoms in total. The van der Waals surface area contributed by atoms with Gasteiger partial charge >= 0.3 is 5.69 Å². The van der Waals surface area contributed by atoms with Gasteiger partial charge in [0.05, 0.1) is 15.3 Å². The highest BCUT2D eigenvalue weighted by atomic mass is 79.9. The molecule has 2 rings (SSSR count). The Morgan fingerprint density at radius 2 is 2.35 bits per heavy atom. The van der Waals surface area contributed by atoms with E-state index in [-0.39, 0.29) is 11.5 Å². The SMILES string of the molecule is Cc1nn(Cc2ccc(Br)s2)c(N)c1[N+](=O)[O-]. The maximum absolute atomic E-state index is 10.8. The highest BCUT2D eigenvalue weighted by molar-refractivity contribution is 9.11. The predicted octanol–water partition coefficient (Wildman–Crippen LogP) is 2.55. The molecule has 2 aromatic rings. The van der Waals surface area contributed by atoms with Gasteiger partial charge in [-0.05, 0) is 35.0 Å². The summed E-state index contributed by atoms with van der Waals surface area (Å²) >= 11 is 4.90. The Morgan fingerprint density at radius 3 is 2.82 bits per heavy atom. The molecule has 0 aliphatic carbocycles. The van der Waals surface area contributed by atoms with Crippen LogP contribution in [-0.2, 0) is 6.54 Å². The van der Waals surface area contributed by atoms with Gasteiger partial charge in [0, 0.05) is 4.88 Å². The van der Waals surface area contributed by atoms with Crippen LogP contribution in [0, 0.1) is 17.0 Å². The fourth-order valence-electron chi connectivity index (χ4n) is 1.52. The van der Waals surface area contributed by atoms with E-state index in [4.69, 9.17) is 5.73 Å². The van der Waals surface area contributed by atoms with E-state index in [0.717, 1.165) is 8.66 Å². The Kier molecular flexibility index (Phi) is 3.16. The van der Waals surface area contributed by atoms with E-state index in [1.807, 2.05) is 12.1 Å². The van der Waals surface area contributed by atoms with Crippen molar-refractivity contribution in [3.8, 4) is 0 Å². The Labute approximate surface area is 109 Å². The highest BCUT2D eigenvalue weighted by Gasteiger charge is 2.22. The lowest BCUT2D eigenvalue weighted by Crippen LogP contribution is -2.05. The molecular formula is C9H9BrN4O2S. The summed E-state index contributed by atoms with van der Waals surface area (Å²) in [5.41, 5.74) is 5.94. The van der Waals surface area contributed by atoms with Gasteiger partial charge in [-0.2, -0.15) is 5.10 Å². The number of nitro groups is 1. The lowest BCUT2D eigenvalue weighted by molar-refractivity contribution is -0.384. The van der Waals surface area contributed by atoms with E-state index in [9.17, 15) is 10.1 Å². The van der Waals surface area contributed by atoms with Crippen molar-refractivity contribution in [2.24, 2.45) is 0 Å². The minimum atomic E-state index is -0.501. The molecule has 0 spiro atoms. The number of hydrogen-bond donors (Lipinski definition) is 1. The van der Waals surface area contributed by atoms with Crippen LogP contribution in [0.2, 0.25) is 0 Å². The van der Waals surface area contributed by atoms with Crippen LogP contribution in [0.1, 0.15) is 10.6 Å². The molecule has 0 aliphatic heterocycles. The van der Waals surface area contributed by atoms with Crippen molar-refractivity contribution in [1.82, 2.24) is 9.78 Å². The van der Waals surface area contributed by atoms with Crippen LogP contribution in [-0.4, -0.2) is 14.7 Å². The molecule has 0 radical (unpaired) electrons. The summed E-state index contributed by atoms with van der Waals surface area (Å²) in [6.45, 7) is 2.02. The first-order valence-corrected chi connectivity index (χ1v) is 6.31. The van der Waals surface area contributed by atoms with Crippen molar-refractivity contribution in [2.75, 3.05) is 5.73 Å². The molecule has 8 heteroatoms. The van der Waals surface area contributed by atoms with Gasteiger partial charge in [-0.25, -0.2) is 4.68 Å². The van der Waals surface area contributed by atoms with Gasteiger partial charge in [0.15, 0.2) is 0 Å². The number of hydrogen-bond acceptors (Lipinski definition) is 5. The summed E-state index contributed by atoms with van der Waals surface area (Å²) in [4.78, 5) is 11.3. The maximum atomic E-state index is 10.8. The van der Waals surface area contributed by atoms with Crippen molar-refractivity contribution in [1.29, 1.82) is 0 Å². The third-order valence-corrected chi connectivity index (χ3v) is 3.86. The van der Waals surface area contributed by atoms with Crippen molar-refractivity contribution in [3.63, 3.8) is 0 Å². The average molecular weight is 317 g/mol. The van der Waals surface area contributed by atoms with Crippen molar-refractivity contribution >= 4 is 38.8 Å². The molecule has 0 aliphatic rings. The largest absolute Gasteiger partial charge is 0.378 e. The van der Waals surface area contributed by atoms with Gasteiger partial charge in [-0.1, -0.05) is 0 Å². The molecular weight excluding hydrogens is 308 g/mol. The van der Waals surface area contributed by atoms with E-state index < -0.39 is 4.92 Å². The van der Waals surface area contributed by atoms with Gasteiger partial charge in [0.1, 0.15) is 5.69 Å². The molecule has 0 fully saturated rings. The first-order valence-electron chi connectivity index (χ1n) is 4.70. The third-order valence-electron chi connectivity index (χ3n) is 2.25. The van der Waals surface area contributed by atoms with E-state index in [2.05, 4.69) is 21.0 Å².